The van der Waals surface area contributed by atoms with Crippen molar-refractivity contribution in [3.8, 4) is 11.1 Å². The Labute approximate surface area is 272 Å². The van der Waals surface area contributed by atoms with Crippen LogP contribution in [0, 0.1) is 0 Å². The monoisotopic (exact) mass is 644 g/mol. The van der Waals surface area contributed by atoms with E-state index in [1.54, 1.807) is 30.0 Å². The number of benzene rings is 3. The number of carbonyl (C=O) groups excluding carboxylic acids is 2. The van der Waals surface area contributed by atoms with Gasteiger partial charge in [0.25, 0.3) is 5.56 Å². The molecule has 1 aliphatic carbocycles. The number of fused-ring (bicyclic) bond motifs is 4. The second-order valence-electron chi connectivity index (χ2n) is 12.6. The molecule has 0 radical (unpaired) electrons. The third kappa shape index (κ3) is 6.45. The van der Waals surface area contributed by atoms with E-state index in [-0.39, 0.29) is 48.2 Å². The Bertz CT molecular complexity index is 1810. The number of nitrogens with one attached hydrogen (secondary N) is 1. The van der Waals surface area contributed by atoms with Gasteiger partial charge in [-0.15, -0.1) is 0 Å². The lowest BCUT2D eigenvalue weighted by Gasteiger charge is -2.34. The highest BCUT2D eigenvalue weighted by Crippen LogP contribution is 2.44. The van der Waals surface area contributed by atoms with Gasteiger partial charge in [-0.25, -0.2) is 14.6 Å². The van der Waals surface area contributed by atoms with Crippen LogP contribution in [0.3, 0.4) is 0 Å². The standard InChI is InChI=1S/C35H37ClN4O6/c1-21(37-33(42)45-20-27-25-12-7-5-10-23(25)24-11-6-8-13-26(24)27)31-38-29-15-9-14-28(36)30(29)32(41)40(31)19-22-18-39(16-17-44-22)34(43)46-35(2,3)4/h5-15,21-22,27H,16-20H2,1-4H3,(H,37,42)/t21-,22?/m0/s1. The SMILES string of the molecule is C[C@H](NC(=O)OCC1c2ccccc2-c2ccccc21)c1nc2cccc(Cl)c2c(=O)n1CC1CN(C(=O)OC(C)(C)C)CCO1. The molecule has 2 heterocycles. The number of halogens is 1. The Balaban J connectivity index is 1.22. The predicted molar refractivity (Wildman–Crippen MR) is 175 cm³/mol. The summed E-state index contributed by atoms with van der Waals surface area (Å²) in [5, 5.41) is 3.40. The number of morpholine rings is 1. The first-order valence-electron chi connectivity index (χ1n) is 15.4. The molecule has 2 amide bonds. The summed E-state index contributed by atoms with van der Waals surface area (Å²) < 4.78 is 18.8. The fraction of sp³-hybridized carbons (Fsp3) is 0.371. The molecule has 6 rings (SSSR count). The minimum Gasteiger partial charge on any atom is -0.449 e. The van der Waals surface area contributed by atoms with Crippen molar-refractivity contribution in [2.24, 2.45) is 0 Å². The predicted octanol–water partition coefficient (Wildman–Crippen LogP) is 6.29. The minimum absolute atomic E-state index is 0.0817. The van der Waals surface area contributed by atoms with Crippen molar-refractivity contribution in [3.05, 3.63) is 99.1 Å². The van der Waals surface area contributed by atoms with Crippen LogP contribution in [0.1, 0.15) is 56.6 Å². The van der Waals surface area contributed by atoms with Gasteiger partial charge < -0.3 is 24.4 Å². The first-order valence-corrected chi connectivity index (χ1v) is 15.8. The summed E-state index contributed by atoms with van der Waals surface area (Å²) in [5.74, 6) is 0.218. The number of carbonyl (C=O) groups is 2. The molecule has 2 atom stereocenters. The van der Waals surface area contributed by atoms with Crippen LogP contribution in [0.2, 0.25) is 5.02 Å². The molecule has 2 aliphatic rings. The normalized spacial score (nSPS) is 16.9. The minimum atomic E-state index is -0.711. The average molecular weight is 645 g/mol. The van der Waals surface area contributed by atoms with Gasteiger partial charge >= 0.3 is 12.2 Å². The lowest BCUT2D eigenvalue weighted by atomic mass is 9.98. The fourth-order valence-electron chi connectivity index (χ4n) is 6.15. The molecule has 4 aromatic rings. The van der Waals surface area contributed by atoms with Gasteiger partial charge in [0.2, 0.25) is 0 Å². The van der Waals surface area contributed by atoms with Gasteiger partial charge in [-0.05, 0) is 62.1 Å². The van der Waals surface area contributed by atoms with E-state index in [2.05, 4.69) is 29.6 Å². The maximum atomic E-state index is 13.9. The molecule has 0 spiro atoms. The average Bonchev–Trinajstić information content (AvgIpc) is 3.34. The van der Waals surface area contributed by atoms with E-state index in [9.17, 15) is 14.4 Å². The molecule has 0 bridgehead atoms. The van der Waals surface area contributed by atoms with Gasteiger partial charge in [0.05, 0.1) is 47.8 Å². The van der Waals surface area contributed by atoms with Crippen LogP contribution in [0.4, 0.5) is 9.59 Å². The molecule has 0 saturated carbocycles. The number of hydrogen-bond acceptors (Lipinski definition) is 7. The Morgan fingerprint density at radius 2 is 1.72 bits per heavy atom. The zero-order valence-electron chi connectivity index (χ0n) is 26.3. The second-order valence-corrected chi connectivity index (χ2v) is 13.0. The van der Waals surface area contributed by atoms with E-state index in [1.807, 2.05) is 45.0 Å². The van der Waals surface area contributed by atoms with Gasteiger partial charge in [0, 0.05) is 12.5 Å². The molecule has 1 saturated heterocycles. The Morgan fingerprint density at radius 1 is 1.04 bits per heavy atom. The van der Waals surface area contributed by atoms with Crippen LogP contribution in [-0.4, -0.2) is 64.6 Å². The molecule has 1 unspecified atom stereocenters. The van der Waals surface area contributed by atoms with Gasteiger partial charge in [0.15, 0.2) is 0 Å². The number of amides is 2. The molecular weight excluding hydrogens is 608 g/mol. The van der Waals surface area contributed by atoms with Crippen molar-refractivity contribution < 1.29 is 23.8 Å². The summed E-state index contributed by atoms with van der Waals surface area (Å²) >= 11 is 6.45. The van der Waals surface area contributed by atoms with E-state index in [4.69, 9.17) is 30.8 Å². The highest BCUT2D eigenvalue weighted by molar-refractivity contribution is 6.35. The van der Waals surface area contributed by atoms with Crippen molar-refractivity contribution >= 4 is 34.7 Å². The molecule has 240 valence electrons. The van der Waals surface area contributed by atoms with Crippen molar-refractivity contribution in [1.29, 1.82) is 0 Å². The zero-order valence-corrected chi connectivity index (χ0v) is 27.0. The highest BCUT2D eigenvalue weighted by Gasteiger charge is 2.32. The molecule has 46 heavy (non-hydrogen) atoms. The largest absolute Gasteiger partial charge is 0.449 e. The lowest BCUT2D eigenvalue weighted by molar-refractivity contribution is -0.0479. The first kappa shape index (κ1) is 31.6. The molecule has 10 nitrogen and oxygen atoms in total. The van der Waals surface area contributed by atoms with E-state index in [1.165, 1.54) is 4.57 Å². The molecule has 1 N–H and O–H groups in total. The Morgan fingerprint density at radius 3 is 2.39 bits per heavy atom. The maximum Gasteiger partial charge on any atom is 0.410 e. The van der Waals surface area contributed by atoms with Crippen molar-refractivity contribution in [2.75, 3.05) is 26.3 Å². The molecule has 3 aromatic carbocycles. The molecular formula is C35H37ClN4O6. The Hall–Kier alpha value is -4.41. The number of aromatic nitrogens is 2. The van der Waals surface area contributed by atoms with Crippen LogP contribution < -0.4 is 10.9 Å². The van der Waals surface area contributed by atoms with Crippen LogP contribution in [0.15, 0.2) is 71.5 Å². The zero-order chi connectivity index (χ0) is 32.6. The summed E-state index contributed by atoms with van der Waals surface area (Å²) in [4.78, 5) is 46.2. The van der Waals surface area contributed by atoms with Crippen molar-refractivity contribution in [1.82, 2.24) is 19.8 Å². The second kappa shape index (κ2) is 12.8. The topological polar surface area (TPSA) is 112 Å². The van der Waals surface area contributed by atoms with E-state index >= 15 is 0 Å². The number of alkyl carbamates (subject to hydrolysis) is 1. The lowest BCUT2D eigenvalue weighted by Crippen LogP contribution is -2.49. The Kier molecular flexibility index (Phi) is 8.76. The third-order valence-corrected chi connectivity index (χ3v) is 8.52. The number of rotatable bonds is 6. The van der Waals surface area contributed by atoms with Gasteiger partial charge in [-0.2, -0.15) is 0 Å². The fourth-order valence-corrected chi connectivity index (χ4v) is 6.40. The highest BCUT2D eigenvalue weighted by atomic mass is 35.5. The summed E-state index contributed by atoms with van der Waals surface area (Å²) in [7, 11) is 0. The molecule has 11 heteroatoms. The van der Waals surface area contributed by atoms with E-state index in [0.29, 0.717) is 17.9 Å². The van der Waals surface area contributed by atoms with E-state index < -0.39 is 29.9 Å². The van der Waals surface area contributed by atoms with E-state index in [0.717, 1.165) is 22.3 Å². The molecule has 1 aliphatic heterocycles. The summed E-state index contributed by atoms with van der Waals surface area (Å²) in [6.45, 7) is 8.27. The summed E-state index contributed by atoms with van der Waals surface area (Å²) in [5.41, 5.74) is 3.89. The number of ether oxygens (including phenoxy) is 3. The maximum absolute atomic E-state index is 13.9. The van der Waals surface area contributed by atoms with Gasteiger partial charge in [-0.3, -0.25) is 9.36 Å². The molecule has 1 aromatic heterocycles. The quantitative estimate of drug-likeness (QED) is 0.263. The van der Waals surface area contributed by atoms with Crippen LogP contribution in [0.5, 0.6) is 0 Å². The van der Waals surface area contributed by atoms with Crippen LogP contribution >= 0.6 is 11.6 Å². The van der Waals surface area contributed by atoms with Crippen molar-refractivity contribution in [2.45, 2.75) is 57.9 Å². The molecule has 1 fully saturated rings. The first-order chi connectivity index (χ1) is 22.0. The van der Waals surface area contributed by atoms with Crippen LogP contribution in [-0.2, 0) is 20.8 Å². The van der Waals surface area contributed by atoms with Crippen molar-refractivity contribution in [3.63, 3.8) is 0 Å². The van der Waals surface area contributed by atoms with Gasteiger partial charge in [0.1, 0.15) is 18.0 Å². The summed E-state index contributed by atoms with van der Waals surface area (Å²) in [6.07, 6.45) is -1.61. The van der Waals surface area contributed by atoms with Crippen LogP contribution in [0.25, 0.3) is 22.0 Å². The third-order valence-electron chi connectivity index (χ3n) is 8.20. The summed E-state index contributed by atoms with van der Waals surface area (Å²) in [6, 6.07) is 20.6. The van der Waals surface area contributed by atoms with Gasteiger partial charge in [-0.1, -0.05) is 66.2 Å². The number of nitrogens with zero attached hydrogens (tertiary/aromatic N) is 3. The number of hydrogen-bond donors (Lipinski definition) is 1. The smallest absolute Gasteiger partial charge is 0.410 e.